The molecule has 2 atom stereocenters. The summed E-state index contributed by atoms with van der Waals surface area (Å²) in [5.74, 6) is -1.46. The van der Waals surface area contributed by atoms with E-state index in [-0.39, 0.29) is 0 Å². The van der Waals surface area contributed by atoms with Gasteiger partial charge in [-0.2, -0.15) is 4.31 Å². The van der Waals surface area contributed by atoms with E-state index in [0.717, 1.165) is 0 Å². The normalized spacial score (nSPS) is 33.1. The highest BCUT2D eigenvalue weighted by Gasteiger charge is 2.46. The lowest BCUT2D eigenvalue weighted by Gasteiger charge is -2.09. The van der Waals surface area contributed by atoms with Gasteiger partial charge in [0.25, 0.3) is 0 Å². The quantitative estimate of drug-likeness (QED) is 0.574. The third kappa shape index (κ3) is 3.14. The Bertz CT molecular complexity index is 329. The second-order valence-electron chi connectivity index (χ2n) is 2.25. The maximum Gasteiger partial charge on any atom is 0.484 e. The van der Waals surface area contributed by atoms with E-state index in [9.17, 15) is 13.9 Å². The van der Waals surface area contributed by atoms with Crippen molar-refractivity contribution in [3.63, 3.8) is 0 Å². The van der Waals surface area contributed by atoms with Gasteiger partial charge in [0.1, 0.15) is 0 Å². The minimum Gasteiger partial charge on any atom is -0.479 e. The minimum absolute atomic E-state index is 0.591. The Hall–Kier alpha value is -0.270. The molecule has 14 heavy (non-hydrogen) atoms. The lowest BCUT2D eigenvalue weighted by molar-refractivity contribution is -0.144. The highest BCUT2D eigenvalue weighted by molar-refractivity contribution is 7.61. The van der Waals surface area contributed by atoms with Crippen molar-refractivity contribution in [2.75, 3.05) is 6.61 Å². The zero-order valence-electron chi connectivity index (χ0n) is 6.47. The number of phosphoric acid groups is 2. The first-order valence-electron chi connectivity index (χ1n) is 3.14. The molecule has 0 aromatic heterocycles. The molecule has 0 bridgehead atoms. The molecule has 82 valence electrons. The van der Waals surface area contributed by atoms with Gasteiger partial charge in [-0.3, -0.25) is 9.05 Å². The Kier molecular flexibility index (Phi) is 3.13. The van der Waals surface area contributed by atoms with Crippen molar-refractivity contribution in [2.45, 2.75) is 6.10 Å². The average Bonchev–Trinajstić information content (AvgIpc) is 2.27. The number of phosphoric ester groups is 1. The molecule has 1 rings (SSSR count). The van der Waals surface area contributed by atoms with Crippen molar-refractivity contribution < 1.29 is 42.2 Å². The van der Waals surface area contributed by atoms with Crippen LogP contribution in [0.2, 0.25) is 0 Å². The molecule has 0 aromatic carbocycles. The Balaban J connectivity index is 2.68. The van der Waals surface area contributed by atoms with Gasteiger partial charge >= 0.3 is 21.6 Å². The van der Waals surface area contributed by atoms with Crippen LogP contribution in [0.4, 0.5) is 0 Å². The van der Waals surface area contributed by atoms with E-state index in [4.69, 9.17) is 14.9 Å². The van der Waals surface area contributed by atoms with Crippen molar-refractivity contribution >= 4 is 21.6 Å². The first-order valence-corrected chi connectivity index (χ1v) is 6.14. The van der Waals surface area contributed by atoms with Gasteiger partial charge in [-0.05, 0) is 0 Å². The van der Waals surface area contributed by atoms with Crippen molar-refractivity contribution in [1.82, 2.24) is 0 Å². The number of rotatable bonds is 3. The number of hydrogen-bond donors (Lipinski definition) is 3. The number of aliphatic carboxylic acids is 1. The summed E-state index contributed by atoms with van der Waals surface area (Å²) in [5, 5.41) is 8.37. The van der Waals surface area contributed by atoms with Crippen molar-refractivity contribution in [3.8, 4) is 0 Å². The van der Waals surface area contributed by atoms with Crippen LogP contribution in [0.1, 0.15) is 0 Å². The fourth-order valence-corrected chi connectivity index (χ4v) is 2.89. The van der Waals surface area contributed by atoms with Crippen LogP contribution in [-0.2, 0) is 27.3 Å². The summed E-state index contributed by atoms with van der Waals surface area (Å²) < 4.78 is 33.5. The van der Waals surface area contributed by atoms with Gasteiger partial charge in [-0.25, -0.2) is 13.9 Å². The predicted molar refractivity (Wildman–Crippen MR) is 39.2 cm³/mol. The standard InChI is InChI=1S/C3H6O9P2/c4-3(5)2-1-10-14(9,11-2)12-13(6,7)8/h2H,1H2,(H,4,5)(H2,6,7,8). The van der Waals surface area contributed by atoms with Crippen LogP contribution < -0.4 is 0 Å². The van der Waals surface area contributed by atoms with Gasteiger partial charge in [0.05, 0.1) is 6.61 Å². The number of carboxylic acid groups (broad SMARTS) is 1. The van der Waals surface area contributed by atoms with E-state index in [2.05, 4.69) is 13.4 Å². The van der Waals surface area contributed by atoms with E-state index in [0.29, 0.717) is 0 Å². The fourth-order valence-electron chi connectivity index (χ4n) is 0.665. The van der Waals surface area contributed by atoms with Crippen molar-refractivity contribution in [3.05, 3.63) is 0 Å². The lowest BCUT2D eigenvalue weighted by atomic mass is 10.4. The first-order chi connectivity index (χ1) is 6.22. The van der Waals surface area contributed by atoms with Gasteiger partial charge in [-0.1, -0.05) is 0 Å². The van der Waals surface area contributed by atoms with Crippen LogP contribution in [0, 0.1) is 0 Å². The van der Waals surface area contributed by atoms with Crippen LogP contribution in [0.3, 0.4) is 0 Å². The number of carbonyl (C=O) groups is 1. The second kappa shape index (κ2) is 3.71. The predicted octanol–water partition coefficient (Wildman–Crippen LogP) is -0.296. The van der Waals surface area contributed by atoms with Gasteiger partial charge in [0, 0.05) is 0 Å². The van der Waals surface area contributed by atoms with Crippen LogP contribution in [0.15, 0.2) is 0 Å². The molecular weight excluding hydrogens is 242 g/mol. The van der Waals surface area contributed by atoms with Crippen molar-refractivity contribution in [2.24, 2.45) is 0 Å². The molecule has 1 fully saturated rings. The van der Waals surface area contributed by atoms with E-state index in [1.807, 2.05) is 0 Å². The summed E-state index contributed by atoms with van der Waals surface area (Å²) in [4.78, 5) is 26.8. The Morgan fingerprint density at radius 2 is 2.14 bits per heavy atom. The molecule has 0 aromatic rings. The highest BCUT2D eigenvalue weighted by Crippen LogP contribution is 2.64. The molecule has 0 amide bonds. The fraction of sp³-hybridized carbons (Fsp3) is 0.667. The molecule has 0 aliphatic carbocycles. The molecule has 1 heterocycles. The maximum atomic E-state index is 11.1. The molecule has 1 aliphatic heterocycles. The summed E-state index contributed by atoms with van der Waals surface area (Å²) in [6, 6.07) is 0. The van der Waals surface area contributed by atoms with Crippen molar-refractivity contribution in [1.29, 1.82) is 0 Å². The van der Waals surface area contributed by atoms with E-state index in [1.165, 1.54) is 0 Å². The zero-order chi connectivity index (χ0) is 11.0. The molecule has 1 saturated heterocycles. The van der Waals surface area contributed by atoms with Crippen LogP contribution in [-0.4, -0.2) is 33.6 Å². The molecule has 3 N–H and O–H groups in total. The van der Waals surface area contributed by atoms with Gasteiger partial charge in [0.15, 0.2) is 6.10 Å². The maximum absolute atomic E-state index is 11.1. The Labute approximate surface area is 77.4 Å². The third-order valence-electron chi connectivity index (χ3n) is 1.12. The van der Waals surface area contributed by atoms with E-state index >= 15 is 0 Å². The van der Waals surface area contributed by atoms with Crippen LogP contribution in [0.25, 0.3) is 0 Å². The largest absolute Gasteiger partial charge is 0.484 e. The lowest BCUT2D eigenvalue weighted by Crippen LogP contribution is -2.21. The molecule has 1 aliphatic rings. The molecule has 2 unspecified atom stereocenters. The van der Waals surface area contributed by atoms with E-state index in [1.54, 1.807) is 0 Å². The molecule has 0 spiro atoms. The summed E-state index contributed by atoms with van der Waals surface area (Å²) in [6.07, 6.45) is -1.55. The summed E-state index contributed by atoms with van der Waals surface area (Å²) in [5.41, 5.74) is 0. The third-order valence-corrected chi connectivity index (χ3v) is 3.75. The first kappa shape index (κ1) is 11.8. The second-order valence-corrected chi connectivity index (χ2v) is 5.25. The zero-order valence-corrected chi connectivity index (χ0v) is 8.26. The molecule has 9 nitrogen and oxygen atoms in total. The minimum atomic E-state index is -5.04. The topological polar surface area (TPSA) is 140 Å². The Morgan fingerprint density at radius 3 is 2.50 bits per heavy atom. The molecule has 11 heteroatoms. The van der Waals surface area contributed by atoms with Gasteiger partial charge in [0.2, 0.25) is 0 Å². The van der Waals surface area contributed by atoms with Crippen LogP contribution >= 0.6 is 15.6 Å². The van der Waals surface area contributed by atoms with E-state index < -0.39 is 34.3 Å². The summed E-state index contributed by atoms with van der Waals surface area (Å²) in [6.45, 7) is -0.591. The molecule has 0 saturated carbocycles. The monoisotopic (exact) mass is 248 g/mol. The Morgan fingerprint density at radius 1 is 1.57 bits per heavy atom. The highest BCUT2D eigenvalue weighted by atomic mass is 31.3. The molecule has 0 radical (unpaired) electrons. The molecular formula is C3H6O9P2. The number of carboxylic acids is 1. The average molecular weight is 248 g/mol. The van der Waals surface area contributed by atoms with Gasteiger partial charge in [-0.15, -0.1) is 0 Å². The summed E-state index contributed by atoms with van der Waals surface area (Å²) in [7, 11) is -9.49. The van der Waals surface area contributed by atoms with Crippen LogP contribution in [0.5, 0.6) is 0 Å². The van der Waals surface area contributed by atoms with Gasteiger partial charge < -0.3 is 14.9 Å². The number of hydrogen-bond acceptors (Lipinski definition) is 6. The smallest absolute Gasteiger partial charge is 0.479 e. The summed E-state index contributed by atoms with van der Waals surface area (Å²) >= 11 is 0. The SMILES string of the molecule is O=C(O)C1COP(=O)(OP(=O)(O)O)O1.